The molecule has 0 spiro atoms. The van der Waals surface area contributed by atoms with E-state index in [4.69, 9.17) is 23.7 Å². The number of pyridine rings is 1. The summed E-state index contributed by atoms with van der Waals surface area (Å²) < 4.78 is 29.1. The Balaban J connectivity index is 1.44. The largest absolute Gasteiger partial charge is 0.497 e. The van der Waals surface area contributed by atoms with E-state index in [2.05, 4.69) is 4.98 Å². The maximum absolute atomic E-state index is 9.86. The molecule has 36 heavy (non-hydrogen) atoms. The molecule has 1 fully saturated rings. The van der Waals surface area contributed by atoms with E-state index in [1.54, 1.807) is 20.3 Å². The summed E-state index contributed by atoms with van der Waals surface area (Å²) in [5.41, 5.74) is 3.87. The number of aliphatic hydroxyl groups is 2. The molecule has 0 bridgehead atoms. The van der Waals surface area contributed by atoms with Gasteiger partial charge in [0.05, 0.1) is 70.8 Å². The van der Waals surface area contributed by atoms with E-state index in [0.717, 1.165) is 28.2 Å². The van der Waals surface area contributed by atoms with Gasteiger partial charge >= 0.3 is 0 Å². The summed E-state index contributed by atoms with van der Waals surface area (Å²) in [6.07, 6.45) is -0.213. The molecule has 192 valence electrons. The summed E-state index contributed by atoms with van der Waals surface area (Å²) in [6, 6.07) is 19.1. The third-order valence-corrected chi connectivity index (χ3v) is 6.26. The lowest BCUT2D eigenvalue weighted by Crippen LogP contribution is -2.29. The molecule has 8 nitrogen and oxygen atoms in total. The first-order valence-electron chi connectivity index (χ1n) is 11.9. The number of aromatic nitrogens is 1. The third-order valence-electron chi connectivity index (χ3n) is 6.26. The van der Waals surface area contributed by atoms with Crippen molar-refractivity contribution in [1.29, 1.82) is 0 Å². The normalized spacial score (nSPS) is 19.4. The number of methoxy groups -OCH3 is 2. The van der Waals surface area contributed by atoms with Gasteiger partial charge in [-0.2, -0.15) is 0 Å². The van der Waals surface area contributed by atoms with Crippen LogP contribution < -0.4 is 9.47 Å². The fourth-order valence-electron chi connectivity index (χ4n) is 4.24. The molecule has 1 aliphatic heterocycles. The molecule has 1 aromatic heterocycles. The highest BCUT2D eigenvalue weighted by Gasteiger charge is 2.38. The van der Waals surface area contributed by atoms with Crippen molar-refractivity contribution in [2.75, 3.05) is 20.8 Å². The molecule has 4 rings (SSSR count). The fraction of sp³-hybridized carbons (Fsp3) is 0.393. The number of hydrogen-bond acceptors (Lipinski definition) is 8. The Labute approximate surface area is 211 Å². The second kappa shape index (κ2) is 12.8. The van der Waals surface area contributed by atoms with Crippen LogP contribution in [0.5, 0.6) is 11.5 Å². The van der Waals surface area contributed by atoms with Gasteiger partial charge in [-0.3, -0.25) is 4.98 Å². The molecule has 0 saturated carbocycles. The van der Waals surface area contributed by atoms with Crippen LogP contribution in [-0.4, -0.2) is 48.2 Å². The summed E-state index contributed by atoms with van der Waals surface area (Å²) in [5, 5.41) is 19.3. The van der Waals surface area contributed by atoms with Gasteiger partial charge in [-0.05, 0) is 41.5 Å². The minimum atomic E-state index is -0.303. The molecule has 0 amide bonds. The minimum absolute atomic E-state index is 0.186. The van der Waals surface area contributed by atoms with Crippen LogP contribution >= 0.6 is 0 Å². The second-order valence-corrected chi connectivity index (χ2v) is 8.61. The van der Waals surface area contributed by atoms with Crippen molar-refractivity contribution < 1.29 is 33.9 Å². The van der Waals surface area contributed by atoms with Crippen molar-refractivity contribution in [2.24, 2.45) is 0 Å². The molecule has 0 aliphatic carbocycles. The highest BCUT2D eigenvalue weighted by Crippen LogP contribution is 2.37. The topological polar surface area (TPSA) is 99.5 Å². The van der Waals surface area contributed by atoms with Crippen molar-refractivity contribution in [2.45, 2.75) is 51.2 Å². The van der Waals surface area contributed by atoms with E-state index in [1.165, 1.54) is 0 Å². The molecule has 1 saturated heterocycles. The first kappa shape index (κ1) is 26.1. The zero-order valence-corrected chi connectivity index (χ0v) is 20.6. The van der Waals surface area contributed by atoms with Crippen LogP contribution in [0.2, 0.25) is 0 Å². The van der Waals surface area contributed by atoms with Gasteiger partial charge < -0.3 is 33.9 Å². The highest BCUT2D eigenvalue weighted by atomic mass is 16.6. The molecule has 2 aromatic carbocycles. The number of hydrogen-bond donors (Lipinski definition) is 2. The molecule has 3 unspecified atom stereocenters. The van der Waals surface area contributed by atoms with Gasteiger partial charge in [0.1, 0.15) is 17.6 Å². The van der Waals surface area contributed by atoms with Crippen molar-refractivity contribution in [3.8, 4) is 11.5 Å². The second-order valence-electron chi connectivity index (χ2n) is 8.61. The lowest BCUT2D eigenvalue weighted by Gasteiger charge is -2.19. The lowest BCUT2D eigenvalue weighted by molar-refractivity contribution is -0.0718. The van der Waals surface area contributed by atoms with Crippen LogP contribution in [0.15, 0.2) is 60.7 Å². The van der Waals surface area contributed by atoms with Gasteiger partial charge in [-0.1, -0.05) is 30.3 Å². The van der Waals surface area contributed by atoms with Crippen LogP contribution in [0.3, 0.4) is 0 Å². The quantitative estimate of drug-likeness (QED) is 0.392. The van der Waals surface area contributed by atoms with E-state index >= 15 is 0 Å². The van der Waals surface area contributed by atoms with E-state index in [9.17, 15) is 10.2 Å². The van der Waals surface area contributed by atoms with Crippen LogP contribution in [0, 0.1) is 0 Å². The van der Waals surface area contributed by atoms with Crippen molar-refractivity contribution in [3.63, 3.8) is 0 Å². The van der Waals surface area contributed by atoms with E-state index in [1.807, 2.05) is 54.6 Å². The number of nitrogens with zero attached hydrogens (tertiary/aromatic N) is 1. The minimum Gasteiger partial charge on any atom is -0.497 e. The molecular weight excluding hydrogens is 462 g/mol. The van der Waals surface area contributed by atoms with Gasteiger partial charge in [0.15, 0.2) is 0 Å². The maximum Gasteiger partial charge on any atom is 0.118 e. The Morgan fingerprint density at radius 2 is 1.47 bits per heavy atom. The van der Waals surface area contributed by atoms with E-state index < -0.39 is 0 Å². The van der Waals surface area contributed by atoms with Gasteiger partial charge in [-0.25, -0.2) is 0 Å². The fourth-order valence-corrected chi connectivity index (χ4v) is 4.24. The summed E-state index contributed by atoms with van der Waals surface area (Å²) in [7, 11) is 3.28. The average molecular weight is 496 g/mol. The standard InChI is InChI=1S/C28H33NO7/c1-32-22-8-3-19(4-9-22)16-34-18-28-27(35-17-20-5-10-23(33-2)11-6-20)13-26(36-28)24-12-7-21(14-30)29-25(24)15-31/h3-12,26-28,30-31H,13-18H2,1-2H3. The Bertz CT molecular complexity index is 1090. The van der Waals surface area contributed by atoms with Crippen LogP contribution in [-0.2, 0) is 40.6 Å². The third kappa shape index (κ3) is 6.60. The molecule has 3 atom stereocenters. The molecule has 2 N–H and O–H groups in total. The molecule has 8 heteroatoms. The molecular formula is C28H33NO7. The SMILES string of the molecule is COc1ccc(COCC2OC(c3ccc(CO)nc3CO)CC2OCc2ccc(OC)cc2)cc1. The average Bonchev–Trinajstić information content (AvgIpc) is 3.34. The maximum atomic E-state index is 9.86. The summed E-state index contributed by atoms with van der Waals surface area (Å²) in [4.78, 5) is 4.36. The highest BCUT2D eigenvalue weighted by molar-refractivity contribution is 5.28. The van der Waals surface area contributed by atoms with Gasteiger partial charge in [0, 0.05) is 12.0 Å². The Morgan fingerprint density at radius 1 is 0.833 bits per heavy atom. The van der Waals surface area contributed by atoms with E-state index in [0.29, 0.717) is 37.6 Å². The lowest BCUT2D eigenvalue weighted by atomic mass is 10.0. The first-order valence-corrected chi connectivity index (χ1v) is 11.9. The molecule has 2 heterocycles. The van der Waals surface area contributed by atoms with Gasteiger partial charge in [0.2, 0.25) is 0 Å². The summed E-state index contributed by atoms with van der Waals surface area (Å²) in [6.45, 7) is 0.794. The van der Waals surface area contributed by atoms with E-state index in [-0.39, 0.29) is 31.5 Å². The smallest absolute Gasteiger partial charge is 0.118 e. The Hall–Kier alpha value is -3.01. The Morgan fingerprint density at radius 3 is 2.06 bits per heavy atom. The zero-order valence-electron chi connectivity index (χ0n) is 20.6. The molecule has 0 radical (unpaired) electrons. The first-order chi connectivity index (χ1) is 17.6. The summed E-state index contributed by atoms with van der Waals surface area (Å²) in [5.74, 6) is 1.59. The number of rotatable bonds is 12. The van der Waals surface area contributed by atoms with Crippen molar-refractivity contribution in [3.05, 3.63) is 88.7 Å². The van der Waals surface area contributed by atoms with Crippen LogP contribution in [0.25, 0.3) is 0 Å². The predicted octanol–water partition coefficient (Wildman–Crippen LogP) is 3.72. The Kier molecular flexibility index (Phi) is 9.27. The number of ether oxygens (including phenoxy) is 5. The molecule has 1 aliphatic rings. The van der Waals surface area contributed by atoms with Crippen LogP contribution in [0.1, 0.15) is 40.6 Å². The zero-order chi connectivity index (χ0) is 25.3. The predicted molar refractivity (Wildman–Crippen MR) is 133 cm³/mol. The van der Waals surface area contributed by atoms with Crippen molar-refractivity contribution >= 4 is 0 Å². The summed E-state index contributed by atoms with van der Waals surface area (Å²) >= 11 is 0. The molecule has 3 aromatic rings. The monoisotopic (exact) mass is 495 g/mol. The number of aliphatic hydroxyl groups excluding tert-OH is 2. The number of benzene rings is 2. The van der Waals surface area contributed by atoms with Crippen LogP contribution in [0.4, 0.5) is 0 Å². The van der Waals surface area contributed by atoms with Gasteiger partial charge in [-0.15, -0.1) is 0 Å². The van der Waals surface area contributed by atoms with Crippen molar-refractivity contribution in [1.82, 2.24) is 4.98 Å². The van der Waals surface area contributed by atoms with Gasteiger partial charge in [0.25, 0.3) is 0 Å².